The third-order valence-electron chi connectivity index (χ3n) is 5.51. The number of rotatable bonds is 6. The Balaban J connectivity index is 1.41. The predicted octanol–water partition coefficient (Wildman–Crippen LogP) is 4.40. The van der Waals surface area contributed by atoms with E-state index in [-0.39, 0.29) is 0 Å². The van der Waals surface area contributed by atoms with Crippen molar-refractivity contribution in [1.82, 2.24) is 15.0 Å². The minimum absolute atomic E-state index is 0.743. The van der Waals surface area contributed by atoms with Crippen LogP contribution in [0.2, 0.25) is 0 Å². The van der Waals surface area contributed by atoms with Crippen LogP contribution in [-0.2, 0) is 19.3 Å². The summed E-state index contributed by atoms with van der Waals surface area (Å²) in [5.41, 5.74) is 5.01. The summed E-state index contributed by atoms with van der Waals surface area (Å²) in [7, 11) is 3.30. The molecule has 0 saturated carbocycles. The molecule has 0 amide bonds. The lowest BCUT2D eigenvalue weighted by molar-refractivity contribution is 0.354. The van der Waals surface area contributed by atoms with Crippen LogP contribution in [0.25, 0.3) is 20.4 Å². The van der Waals surface area contributed by atoms with Gasteiger partial charge in [0.1, 0.15) is 17.0 Å². The Hall–Kier alpha value is -2.93. The molecule has 148 valence electrons. The Labute approximate surface area is 172 Å². The fourth-order valence-corrected chi connectivity index (χ4v) is 5.17. The molecule has 0 saturated heterocycles. The second-order valence-electron chi connectivity index (χ2n) is 7.16. The summed E-state index contributed by atoms with van der Waals surface area (Å²) in [6, 6.07) is 6.02. The molecule has 0 fully saturated rings. The molecule has 1 aliphatic carbocycles. The number of benzene rings is 1. The standard InChI is InChI=1S/C22H22N4O2S/c1-27-16-7-6-13(10-17(16)28-2)8-9-23-21-20-19(25-12-26-21)18-15-5-3-4-14(15)11-24-22(18)29-20/h6-7,10-12H,3-5,8-9H2,1-2H3,(H,23,25,26). The van der Waals surface area contributed by atoms with Crippen molar-refractivity contribution >= 4 is 37.6 Å². The van der Waals surface area contributed by atoms with Crippen molar-refractivity contribution < 1.29 is 9.47 Å². The lowest BCUT2D eigenvalue weighted by atomic mass is 10.1. The van der Waals surface area contributed by atoms with Gasteiger partial charge >= 0.3 is 0 Å². The van der Waals surface area contributed by atoms with E-state index in [0.717, 1.165) is 58.2 Å². The SMILES string of the molecule is COc1ccc(CCNc2ncnc3c2sc2ncc4c(c23)CCC4)cc1OC. The van der Waals surface area contributed by atoms with Gasteiger partial charge in [0.2, 0.25) is 0 Å². The summed E-state index contributed by atoms with van der Waals surface area (Å²) in [6.07, 6.45) is 7.99. The monoisotopic (exact) mass is 406 g/mol. The first kappa shape index (κ1) is 18.1. The van der Waals surface area contributed by atoms with Crippen LogP contribution in [0.3, 0.4) is 0 Å². The normalized spacial score (nSPS) is 13.0. The molecule has 0 atom stereocenters. The highest BCUT2D eigenvalue weighted by atomic mass is 32.1. The van der Waals surface area contributed by atoms with Gasteiger partial charge in [-0.3, -0.25) is 0 Å². The number of hydrogen-bond donors (Lipinski definition) is 1. The largest absolute Gasteiger partial charge is 0.493 e. The zero-order chi connectivity index (χ0) is 19.8. The van der Waals surface area contributed by atoms with E-state index in [1.165, 1.54) is 28.5 Å². The first-order valence-electron chi connectivity index (χ1n) is 9.77. The molecule has 29 heavy (non-hydrogen) atoms. The van der Waals surface area contributed by atoms with E-state index in [2.05, 4.69) is 21.4 Å². The van der Waals surface area contributed by atoms with Gasteiger partial charge in [-0.1, -0.05) is 6.07 Å². The molecule has 0 radical (unpaired) electrons. The van der Waals surface area contributed by atoms with Gasteiger partial charge in [0.15, 0.2) is 11.5 Å². The Bertz CT molecular complexity index is 1200. The smallest absolute Gasteiger partial charge is 0.160 e. The molecule has 1 aliphatic rings. The minimum Gasteiger partial charge on any atom is -0.493 e. The number of ether oxygens (including phenoxy) is 2. The molecule has 4 aromatic rings. The van der Waals surface area contributed by atoms with Crippen LogP contribution >= 0.6 is 11.3 Å². The Morgan fingerprint density at radius 3 is 2.83 bits per heavy atom. The number of thiophene rings is 1. The molecule has 1 aromatic carbocycles. The summed E-state index contributed by atoms with van der Waals surface area (Å²) in [4.78, 5) is 14.9. The van der Waals surface area contributed by atoms with Crippen molar-refractivity contribution in [3.63, 3.8) is 0 Å². The third-order valence-corrected chi connectivity index (χ3v) is 6.60. The highest BCUT2D eigenvalue weighted by Gasteiger charge is 2.20. The highest BCUT2D eigenvalue weighted by molar-refractivity contribution is 7.26. The van der Waals surface area contributed by atoms with Crippen molar-refractivity contribution in [3.8, 4) is 11.5 Å². The molecule has 7 heteroatoms. The number of hydrogen-bond acceptors (Lipinski definition) is 7. The van der Waals surface area contributed by atoms with Gasteiger partial charge in [0.05, 0.1) is 24.4 Å². The first-order valence-corrected chi connectivity index (χ1v) is 10.6. The molecular formula is C22H22N4O2S. The van der Waals surface area contributed by atoms with Crippen LogP contribution in [0, 0.1) is 0 Å². The number of pyridine rings is 1. The number of nitrogens with one attached hydrogen (secondary N) is 1. The van der Waals surface area contributed by atoms with E-state index in [1.54, 1.807) is 31.9 Å². The van der Waals surface area contributed by atoms with Gasteiger partial charge in [-0.25, -0.2) is 15.0 Å². The zero-order valence-electron chi connectivity index (χ0n) is 16.5. The van der Waals surface area contributed by atoms with Crippen LogP contribution in [0.1, 0.15) is 23.1 Å². The number of anilines is 1. The number of methoxy groups -OCH3 is 2. The molecule has 0 unspecified atom stereocenters. The quantitative estimate of drug-likeness (QED) is 0.512. The van der Waals surface area contributed by atoms with Gasteiger partial charge in [-0.05, 0) is 54.5 Å². The predicted molar refractivity (Wildman–Crippen MR) is 116 cm³/mol. The summed E-state index contributed by atoms with van der Waals surface area (Å²) in [6.45, 7) is 0.765. The lowest BCUT2D eigenvalue weighted by Crippen LogP contribution is -2.07. The number of aromatic nitrogens is 3. The molecule has 0 spiro atoms. The fraction of sp³-hybridized carbons (Fsp3) is 0.318. The topological polar surface area (TPSA) is 69.2 Å². The van der Waals surface area contributed by atoms with Crippen LogP contribution in [0.5, 0.6) is 11.5 Å². The molecule has 6 nitrogen and oxygen atoms in total. The molecule has 0 aliphatic heterocycles. The van der Waals surface area contributed by atoms with Crippen LogP contribution in [-0.4, -0.2) is 35.7 Å². The van der Waals surface area contributed by atoms with Gasteiger partial charge in [-0.15, -0.1) is 11.3 Å². The van der Waals surface area contributed by atoms with E-state index < -0.39 is 0 Å². The lowest BCUT2D eigenvalue weighted by Gasteiger charge is -2.10. The number of aryl methyl sites for hydroxylation is 2. The van der Waals surface area contributed by atoms with E-state index >= 15 is 0 Å². The second-order valence-corrected chi connectivity index (χ2v) is 8.16. The highest BCUT2D eigenvalue weighted by Crippen LogP contribution is 2.39. The van der Waals surface area contributed by atoms with Crippen molar-refractivity contribution in [2.45, 2.75) is 25.7 Å². The Morgan fingerprint density at radius 2 is 1.97 bits per heavy atom. The molecule has 0 bridgehead atoms. The number of fused-ring (bicyclic) bond motifs is 5. The maximum atomic E-state index is 5.40. The summed E-state index contributed by atoms with van der Waals surface area (Å²) >= 11 is 1.68. The molecule has 1 N–H and O–H groups in total. The number of nitrogens with zero attached hydrogens (tertiary/aromatic N) is 3. The molecule has 3 heterocycles. The maximum Gasteiger partial charge on any atom is 0.160 e. The summed E-state index contributed by atoms with van der Waals surface area (Å²) in [5, 5.41) is 4.72. The van der Waals surface area contributed by atoms with Gasteiger partial charge in [0.25, 0.3) is 0 Å². The second kappa shape index (κ2) is 7.48. The minimum atomic E-state index is 0.743. The molecular weight excluding hydrogens is 384 g/mol. The van der Waals surface area contributed by atoms with E-state index in [9.17, 15) is 0 Å². The van der Waals surface area contributed by atoms with Crippen molar-refractivity contribution in [2.75, 3.05) is 26.1 Å². The molecule has 5 rings (SSSR count). The van der Waals surface area contributed by atoms with Gasteiger partial charge < -0.3 is 14.8 Å². The first-order chi connectivity index (χ1) is 14.3. The fourth-order valence-electron chi connectivity index (χ4n) is 4.08. The summed E-state index contributed by atoms with van der Waals surface area (Å²) in [5.74, 6) is 2.37. The maximum absolute atomic E-state index is 5.40. The van der Waals surface area contributed by atoms with E-state index in [1.807, 2.05) is 18.3 Å². The van der Waals surface area contributed by atoms with Crippen molar-refractivity contribution in [3.05, 3.63) is 47.4 Å². The van der Waals surface area contributed by atoms with Crippen molar-refractivity contribution in [2.24, 2.45) is 0 Å². The van der Waals surface area contributed by atoms with Gasteiger partial charge in [-0.2, -0.15) is 0 Å². The van der Waals surface area contributed by atoms with E-state index in [4.69, 9.17) is 14.5 Å². The Morgan fingerprint density at radius 1 is 1.07 bits per heavy atom. The Kier molecular flexibility index (Phi) is 4.67. The van der Waals surface area contributed by atoms with Crippen LogP contribution in [0.4, 0.5) is 5.82 Å². The van der Waals surface area contributed by atoms with Gasteiger partial charge in [0, 0.05) is 18.1 Å². The van der Waals surface area contributed by atoms with Crippen LogP contribution < -0.4 is 14.8 Å². The summed E-state index contributed by atoms with van der Waals surface area (Å²) < 4.78 is 11.8. The zero-order valence-corrected chi connectivity index (χ0v) is 17.3. The van der Waals surface area contributed by atoms with E-state index in [0.29, 0.717) is 0 Å². The average Bonchev–Trinajstić information content (AvgIpc) is 3.37. The average molecular weight is 407 g/mol. The van der Waals surface area contributed by atoms with Crippen molar-refractivity contribution in [1.29, 1.82) is 0 Å². The molecule has 3 aromatic heterocycles. The third kappa shape index (κ3) is 3.15. The van der Waals surface area contributed by atoms with Crippen LogP contribution in [0.15, 0.2) is 30.7 Å².